The molecule has 1 aliphatic carbocycles. The highest BCUT2D eigenvalue weighted by atomic mass is 35.5. The number of nitriles is 1. The molecule has 0 spiro atoms. The van der Waals surface area contributed by atoms with Crippen LogP contribution in [0.2, 0.25) is 5.15 Å². The van der Waals surface area contributed by atoms with E-state index < -0.39 is 0 Å². The summed E-state index contributed by atoms with van der Waals surface area (Å²) in [6, 6.07) is 1.70. The smallest absolute Gasteiger partial charge is 0.247 e. The second kappa shape index (κ2) is 7.84. The fraction of sp³-hybridized carbons (Fsp3) is 0.600. The minimum atomic E-state index is -0.237. The maximum atomic E-state index is 12.5. The van der Waals surface area contributed by atoms with Crippen LogP contribution in [0.25, 0.3) is 0 Å². The Kier molecular flexibility index (Phi) is 5.36. The molecule has 158 valence electrons. The summed E-state index contributed by atoms with van der Waals surface area (Å²) < 4.78 is 0. The molecule has 10 heteroatoms. The zero-order chi connectivity index (χ0) is 21.6. The second-order valence-corrected chi connectivity index (χ2v) is 8.98. The number of anilines is 2. The fourth-order valence-corrected chi connectivity index (χ4v) is 4.69. The average Bonchev–Trinajstić information content (AvgIpc) is 3.00. The van der Waals surface area contributed by atoms with E-state index >= 15 is 0 Å². The Balaban J connectivity index is 1.41. The number of hydrogen-bond acceptors (Lipinski definition) is 7. The lowest BCUT2D eigenvalue weighted by atomic mass is 9.73. The normalized spacial score (nSPS) is 23.0. The standard InChI is InChI=1S/C20H25ClN8O/c1-10(2)17-20(30)25-16-11(3)23-15(24-19(16)28(17)4)7-12-5-13(6-12)9-29-26-14(8-22)18(21)27-29/h10,12-13,17H,5-7,9H2,1-4H3,(H,25,30)/t12?,13?,17-/m0/s1. The lowest BCUT2D eigenvalue weighted by Gasteiger charge is -2.37. The number of nitrogens with zero attached hydrogens (tertiary/aromatic N) is 7. The van der Waals surface area contributed by atoms with E-state index in [9.17, 15) is 4.79 Å². The van der Waals surface area contributed by atoms with Gasteiger partial charge in [0.15, 0.2) is 11.0 Å². The lowest BCUT2D eigenvalue weighted by Crippen LogP contribution is -2.49. The van der Waals surface area contributed by atoms with Gasteiger partial charge in [0.25, 0.3) is 0 Å². The van der Waals surface area contributed by atoms with Crippen molar-refractivity contribution in [3.63, 3.8) is 0 Å². The van der Waals surface area contributed by atoms with E-state index in [0.29, 0.717) is 24.1 Å². The van der Waals surface area contributed by atoms with Gasteiger partial charge in [-0.1, -0.05) is 25.4 Å². The highest BCUT2D eigenvalue weighted by molar-refractivity contribution is 6.30. The van der Waals surface area contributed by atoms with Gasteiger partial charge in [0.1, 0.15) is 23.6 Å². The van der Waals surface area contributed by atoms with E-state index in [4.69, 9.17) is 21.8 Å². The molecule has 0 unspecified atom stereocenters. The first-order chi connectivity index (χ1) is 14.3. The third kappa shape index (κ3) is 3.72. The molecular formula is C20H25ClN8O. The molecule has 1 fully saturated rings. The predicted molar refractivity (Wildman–Crippen MR) is 112 cm³/mol. The molecule has 4 rings (SSSR count). The molecule has 2 aromatic rings. The molecule has 0 bridgehead atoms. The molecule has 1 atom stereocenters. The maximum Gasteiger partial charge on any atom is 0.247 e. The van der Waals surface area contributed by atoms with Crippen LogP contribution in [0.4, 0.5) is 11.5 Å². The summed E-state index contributed by atoms with van der Waals surface area (Å²) in [5, 5.41) is 20.3. The maximum absolute atomic E-state index is 12.5. The van der Waals surface area contributed by atoms with Gasteiger partial charge in [0.05, 0.1) is 12.2 Å². The molecule has 0 aromatic carbocycles. The van der Waals surface area contributed by atoms with Crippen molar-refractivity contribution in [2.45, 2.75) is 52.6 Å². The van der Waals surface area contributed by atoms with Gasteiger partial charge in [-0.3, -0.25) is 4.79 Å². The number of rotatable bonds is 5. The Morgan fingerprint density at radius 3 is 2.63 bits per heavy atom. The van der Waals surface area contributed by atoms with Gasteiger partial charge in [-0.05, 0) is 37.5 Å². The number of amides is 1. The summed E-state index contributed by atoms with van der Waals surface area (Å²) in [5.41, 5.74) is 1.68. The van der Waals surface area contributed by atoms with Crippen LogP contribution in [0, 0.1) is 36.0 Å². The first-order valence-electron chi connectivity index (χ1n) is 10.2. The minimum Gasteiger partial charge on any atom is -0.346 e. The number of carbonyl (C=O) groups is 1. The first kappa shape index (κ1) is 20.5. The third-order valence-electron chi connectivity index (χ3n) is 5.96. The van der Waals surface area contributed by atoms with Crippen LogP contribution >= 0.6 is 11.6 Å². The molecule has 0 saturated heterocycles. The van der Waals surface area contributed by atoms with E-state index in [1.165, 1.54) is 4.80 Å². The summed E-state index contributed by atoms with van der Waals surface area (Å²) >= 11 is 5.89. The van der Waals surface area contributed by atoms with Crippen LogP contribution in [0.3, 0.4) is 0 Å². The summed E-state index contributed by atoms with van der Waals surface area (Å²) in [7, 11) is 1.93. The van der Waals surface area contributed by atoms with Crippen molar-refractivity contribution in [1.29, 1.82) is 5.26 Å². The summed E-state index contributed by atoms with van der Waals surface area (Å²) in [5.74, 6) is 2.74. The topological polar surface area (TPSA) is 113 Å². The number of nitrogens with one attached hydrogen (secondary N) is 1. The third-order valence-corrected chi connectivity index (χ3v) is 6.22. The summed E-state index contributed by atoms with van der Waals surface area (Å²) in [4.78, 5) is 25.4. The monoisotopic (exact) mass is 428 g/mol. The molecule has 30 heavy (non-hydrogen) atoms. The largest absolute Gasteiger partial charge is 0.346 e. The van der Waals surface area contributed by atoms with Crippen LogP contribution in [-0.2, 0) is 17.8 Å². The predicted octanol–water partition coefficient (Wildman–Crippen LogP) is 2.58. The van der Waals surface area contributed by atoms with E-state index in [-0.39, 0.29) is 28.7 Å². The SMILES string of the molecule is Cc1nc(CC2CC(Cn3nc(Cl)c(C#N)n3)C2)nc2c1NC(=O)[C@H](C(C)C)N2C. The molecule has 1 saturated carbocycles. The molecule has 2 aliphatic rings. The minimum absolute atomic E-state index is 0.00632. The van der Waals surface area contributed by atoms with E-state index in [0.717, 1.165) is 36.6 Å². The number of hydrogen-bond donors (Lipinski definition) is 1. The van der Waals surface area contributed by atoms with Crippen LogP contribution in [-0.4, -0.2) is 44.0 Å². The summed E-state index contributed by atoms with van der Waals surface area (Å²) in [6.07, 6.45) is 2.86. The fourth-order valence-electron chi connectivity index (χ4n) is 4.52. The zero-order valence-electron chi connectivity index (χ0n) is 17.6. The first-order valence-corrected chi connectivity index (χ1v) is 10.6. The quantitative estimate of drug-likeness (QED) is 0.778. The van der Waals surface area contributed by atoms with Crippen molar-refractivity contribution in [3.05, 3.63) is 22.4 Å². The zero-order valence-corrected chi connectivity index (χ0v) is 18.3. The van der Waals surface area contributed by atoms with Gasteiger partial charge >= 0.3 is 0 Å². The molecule has 3 heterocycles. The van der Waals surface area contributed by atoms with Gasteiger partial charge in [-0.15, -0.1) is 10.2 Å². The molecule has 1 aliphatic heterocycles. The molecule has 9 nitrogen and oxygen atoms in total. The van der Waals surface area contributed by atoms with Crippen LogP contribution in [0.1, 0.15) is 43.9 Å². The highest BCUT2D eigenvalue weighted by Crippen LogP contribution is 2.38. The van der Waals surface area contributed by atoms with Crippen molar-refractivity contribution < 1.29 is 4.79 Å². The van der Waals surface area contributed by atoms with Crippen molar-refractivity contribution in [1.82, 2.24) is 25.0 Å². The number of likely N-dealkylation sites (N-methyl/N-ethyl adjacent to an activating group) is 1. The molecule has 0 radical (unpaired) electrons. The molecule has 1 N–H and O–H groups in total. The van der Waals surface area contributed by atoms with E-state index in [1.54, 1.807) is 0 Å². The Morgan fingerprint density at radius 2 is 2.00 bits per heavy atom. The van der Waals surface area contributed by atoms with Gasteiger partial charge in [0, 0.05) is 13.5 Å². The van der Waals surface area contributed by atoms with Gasteiger partial charge in [0.2, 0.25) is 11.6 Å². The number of fused-ring (bicyclic) bond motifs is 1. The lowest BCUT2D eigenvalue weighted by molar-refractivity contribution is -0.118. The van der Waals surface area contributed by atoms with Crippen molar-refractivity contribution in [2.75, 3.05) is 17.3 Å². The van der Waals surface area contributed by atoms with Gasteiger partial charge in [-0.2, -0.15) is 10.1 Å². The van der Waals surface area contributed by atoms with Crippen molar-refractivity contribution >= 4 is 29.0 Å². The number of aromatic nitrogens is 5. The Bertz CT molecular complexity index is 1020. The molecule has 1 amide bonds. The van der Waals surface area contributed by atoms with Gasteiger partial charge in [-0.25, -0.2) is 9.97 Å². The highest BCUT2D eigenvalue weighted by Gasteiger charge is 2.36. The Morgan fingerprint density at radius 1 is 1.27 bits per heavy atom. The molecule has 2 aromatic heterocycles. The number of carbonyl (C=O) groups excluding carboxylic acids is 1. The van der Waals surface area contributed by atoms with Crippen molar-refractivity contribution in [3.8, 4) is 6.07 Å². The van der Waals surface area contributed by atoms with Crippen LogP contribution in [0.15, 0.2) is 0 Å². The second-order valence-electron chi connectivity index (χ2n) is 8.63. The van der Waals surface area contributed by atoms with Crippen molar-refractivity contribution in [2.24, 2.45) is 17.8 Å². The Hall–Kier alpha value is -2.73. The van der Waals surface area contributed by atoms with E-state index in [2.05, 4.69) is 20.5 Å². The van der Waals surface area contributed by atoms with Crippen LogP contribution in [0.5, 0.6) is 0 Å². The number of halogens is 1. The number of aryl methyl sites for hydroxylation is 1. The van der Waals surface area contributed by atoms with Crippen LogP contribution < -0.4 is 10.2 Å². The molecular weight excluding hydrogens is 404 g/mol. The van der Waals surface area contributed by atoms with E-state index in [1.807, 2.05) is 38.8 Å². The van der Waals surface area contributed by atoms with Gasteiger partial charge < -0.3 is 10.2 Å². The Labute approximate surface area is 180 Å². The average molecular weight is 429 g/mol. The summed E-state index contributed by atoms with van der Waals surface area (Å²) in [6.45, 7) is 6.65.